The molecule has 0 saturated carbocycles. The Hall–Kier alpha value is -1.45. The zero-order valence-electron chi connectivity index (χ0n) is 15.6. The third-order valence-electron chi connectivity index (χ3n) is 4.31. The number of likely N-dealkylation sites (N-methyl/N-ethyl adjacent to an activating group) is 1. The van der Waals surface area contributed by atoms with Gasteiger partial charge < -0.3 is 10.2 Å². The van der Waals surface area contributed by atoms with Gasteiger partial charge in [0.1, 0.15) is 0 Å². The summed E-state index contributed by atoms with van der Waals surface area (Å²) in [6.45, 7) is 6.14. The normalized spacial score (nSPS) is 13.2. The first-order valence-electron chi connectivity index (χ1n) is 8.93. The topological polar surface area (TPSA) is 91.8 Å². The number of hydrogen-bond donors (Lipinski definition) is 2. The van der Waals surface area contributed by atoms with Gasteiger partial charge in [0.25, 0.3) is 0 Å². The lowest BCUT2D eigenvalue weighted by molar-refractivity contribution is 0.200. The van der Waals surface area contributed by atoms with Crippen LogP contribution in [0.1, 0.15) is 26.7 Å². The second-order valence-corrected chi connectivity index (χ2v) is 7.92. The highest BCUT2D eigenvalue weighted by Gasteiger charge is 2.10. The summed E-state index contributed by atoms with van der Waals surface area (Å²) in [5.41, 5.74) is 1.88. The fourth-order valence-corrected chi connectivity index (χ4v) is 3.36. The highest BCUT2D eigenvalue weighted by molar-refractivity contribution is 7.80. The molecule has 0 amide bonds. The van der Waals surface area contributed by atoms with E-state index in [0.717, 1.165) is 42.5 Å². The van der Waals surface area contributed by atoms with E-state index in [1.165, 1.54) is 0 Å². The van der Waals surface area contributed by atoms with Gasteiger partial charge in [-0.15, -0.1) is 0 Å². The third-order valence-corrected chi connectivity index (χ3v) is 5.00. The van der Waals surface area contributed by atoms with Gasteiger partial charge in [-0.05, 0) is 57.1 Å². The molecule has 1 aromatic heterocycles. The van der Waals surface area contributed by atoms with Crippen LogP contribution in [-0.2, 0) is 14.6 Å². The van der Waals surface area contributed by atoms with E-state index in [-0.39, 0.29) is 12.6 Å². The van der Waals surface area contributed by atoms with Crippen LogP contribution in [0.3, 0.4) is 0 Å². The Morgan fingerprint density at radius 1 is 1.33 bits per heavy atom. The van der Waals surface area contributed by atoms with Gasteiger partial charge in [0.15, 0.2) is 0 Å². The molecule has 2 aromatic rings. The van der Waals surface area contributed by atoms with Crippen LogP contribution in [0.15, 0.2) is 30.5 Å². The average molecular weight is 416 g/mol. The van der Waals surface area contributed by atoms with Crippen molar-refractivity contribution in [2.45, 2.75) is 32.7 Å². The first-order chi connectivity index (χ1) is 12.8. The number of pyridine rings is 1. The number of fused-ring (bicyclic) bond motifs is 1. The van der Waals surface area contributed by atoms with Gasteiger partial charge in [0, 0.05) is 34.9 Å². The van der Waals surface area contributed by atoms with E-state index >= 15 is 0 Å². The molecular weight excluding hydrogens is 390 g/mol. The van der Waals surface area contributed by atoms with E-state index in [0.29, 0.717) is 11.6 Å². The van der Waals surface area contributed by atoms with Crippen LogP contribution in [-0.4, -0.2) is 55.1 Å². The minimum absolute atomic E-state index is 0.0496. The van der Waals surface area contributed by atoms with Crippen LogP contribution < -0.4 is 5.32 Å². The molecular formula is C18H26ClN3O4S. The van der Waals surface area contributed by atoms with Crippen LogP contribution in [0.25, 0.3) is 10.9 Å². The summed E-state index contributed by atoms with van der Waals surface area (Å²) in [6, 6.07) is 7.89. The van der Waals surface area contributed by atoms with Crippen LogP contribution in [0.2, 0.25) is 5.02 Å². The molecule has 0 aliphatic rings. The number of hydrogen-bond acceptors (Lipinski definition) is 6. The van der Waals surface area contributed by atoms with Crippen LogP contribution in [0, 0.1) is 0 Å². The summed E-state index contributed by atoms with van der Waals surface area (Å²) in [4.78, 5) is 6.43. The molecule has 1 aromatic carbocycles. The number of nitrogens with zero attached hydrogens (tertiary/aromatic N) is 2. The summed E-state index contributed by atoms with van der Waals surface area (Å²) in [7, 11) is -4.37. The molecule has 0 saturated heterocycles. The smallest absolute Gasteiger partial charge is 0.382 e. The SMILES string of the molecule is CCN(CCC[C@H](C)Nc1ccnc2cc(Cl)ccc12)CCOS(=O)(=O)O. The summed E-state index contributed by atoms with van der Waals surface area (Å²) >= 11 is 6.03. The largest absolute Gasteiger partial charge is 0.397 e. The van der Waals surface area contributed by atoms with Crippen molar-refractivity contribution in [3.8, 4) is 0 Å². The molecule has 27 heavy (non-hydrogen) atoms. The Balaban J connectivity index is 1.81. The first kappa shape index (κ1) is 21.8. The molecule has 1 atom stereocenters. The standard InChI is InChI=1S/C18H26ClN3O4S/c1-3-22(11-12-26-27(23,24)25)10-4-5-14(2)21-17-8-9-20-18-13-15(19)6-7-16(17)18/h6-9,13-14H,3-5,10-12H2,1-2H3,(H,20,21)(H,23,24,25)/t14-/m0/s1. The number of aromatic nitrogens is 1. The Bertz CT molecular complexity index is 848. The van der Waals surface area contributed by atoms with Crippen molar-refractivity contribution >= 4 is 38.6 Å². The maximum absolute atomic E-state index is 10.6. The zero-order chi connectivity index (χ0) is 19.9. The predicted octanol–water partition coefficient (Wildman–Crippen LogP) is 3.61. The first-order valence-corrected chi connectivity index (χ1v) is 10.7. The van der Waals surface area contributed by atoms with Gasteiger partial charge in [0.05, 0.1) is 12.1 Å². The van der Waals surface area contributed by atoms with Gasteiger partial charge in [-0.1, -0.05) is 18.5 Å². The van der Waals surface area contributed by atoms with E-state index in [9.17, 15) is 8.42 Å². The fraction of sp³-hybridized carbons (Fsp3) is 0.500. The molecule has 150 valence electrons. The van der Waals surface area contributed by atoms with E-state index in [1.54, 1.807) is 6.20 Å². The predicted molar refractivity (Wildman–Crippen MR) is 109 cm³/mol. The molecule has 2 rings (SSSR count). The molecule has 0 spiro atoms. The molecule has 0 bridgehead atoms. The summed E-state index contributed by atoms with van der Waals surface area (Å²) < 4.78 is 34.1. The zero-order valence-corrected chi connectivity index (χ0v) is 17.1. The second kappa shape index (κ2) is 10.2. The lowest BCUT2D eigenvalue weighted by Gasteiger charge is -2.22. The van der Waals surface area contributed by atoms with Gasteiger partial charge in [-0.3, -0.25) is 9.54 Å². The maximum Gasteiger partial charge on any atom is 0.397 e. The fourth-order valence-electron chi connectivity index (χ4n) is 2.91. The van der Waals surface area contributed by atoms with Crippen LogP contribution in [0.5, 0.6) is 0 Å². The molecule has 0 unspecified atom stereocenters. The van der Waals surface area contributed by atoms with Crippen molar-refractivity contribution in [3.05, 3.63) is 35.5 Å². The maximum atomic E-state index is 10.6. The van der Waals surface area contributed by atoms with Crippen molar-refractivity contribution in [3.63, 3.8) is 0 Å². The molecule has 9 heteroatoms. The number of rotatable bonds is 11. The monoisotopic (exact) mass is 415 g/mol. The number of anilines is 1. The van der Waals surface area contributed by atoms with Crippen LogP contribution >= 0.6 is 11.6 Å². The number of nitrogens with one attached hydrogen (secondary N) is 1. The molecule has 1 heterocycles. The highest BCUT2D eigenvalue weighted by atomic mass is 35.5. The Kier molecular flexibility index (Phi) is 8.25. The molecule has 0 aliphatic carbocycles. The number of benzene rings is 1. The van der Waals surface area contributed by atoms with Gasteiger partial charge in [-0.2, -0.15) is 8.42 Å². The minimum Gasteiger partial charge on any atom is -0.382 e. The molecule has 0 aliphatic heterocycles. The van der Waals surface area contributed by atoms with E-state index in [2.05, 4.69) is 26.3 Å². The van der Waals surface area contributed by atoms with Crippen molar-refractivity contribution < 1.29 is 17.2 Å². The van der Waals surface area contributed by atoms with Crippen molar-refractivity contribution in [2.24, 2.45) is 0 Å². The van der Waals surface area contributed by atoms with E-state index in [4.69, 9.17) is 16.2 Å². The van der Waals surface area contributed by atoms with Gasteiger partial charge in [0.2, 0.25) is 0 Å². The quantitative estimate of drug-likeness (QED) is 0.541. The van der Waals surface area contributed by atoms with E-state index in [1.807, 2.05) is 31.2 Å². The Morgan fingerprint density at radius 3 is 2.81 bits per heavy atom. The van der Waals surface area contributed by atoms with Crippen molar-refractivity contribution in [1.82, 2.24) is 9.88 Å². The third kappa shape index (κ3) is 7.59. The summed E-state index contributed by atoms with van der Waals surface area (Å²) in [5.74, 6) is 0. The number of halogens is 1. The highest BCUT2D eigenvalue weighted by Crippen LogP contribution is 2.25. The van der Waals surface area contributed by atoms with Crippen molar-refractivity contribution in [1.29, 1.82) is 0 Å². The molecule has 2 N–H and O–H groups in total. The molecule has 0 radical (unpaired) electrons. The summed E-state index contributed by atoms with van der Waals surface area (Å²) in [6.07, 6.45) is 3.66. The van der Waals surface area contributed by atoms with Gasteiger partial charge >= 0.3 is 10.4 Å². The van der Waals surface area contributed by atoms with Crippen molar-refractivity contribution in [2.75, 3.05) is 31.6 Å². The van der Waals surface area contributed by atoms with Crippen LogP contribution in [0.4, 0.5) is 5.69 Å². The van der Waals surface area contributed by atoms with Gasteiger partial charge in [-0.25, -0.2) is 4.18 Å². The molecule has 0 fully saturated rings. The Morgan fingerprint density at radius 2 is 2.11 bits per heavy atom. The average Bonchev–Trinajstić information content (AvgIpc) is 2.59. The molecule has 7 nitrogen and oxygen atoms in total. The second-order valence-electron chi connectivity index (χ2n) is 6.39. The Labute approximate surface area is 165 Å². The van der Waals surface area contributed by atoms with E-state index < -0.39 is 10.4 Å². The lowest BCUT2D eigenvalue weighted by Crippen LogP contribution is -2.30. The lowest BCUT2D eigenvalue weighted by atomic mass is 10.1. The minimum atomic E-state index is -4.37. The summed E-state index contributed by atoms with van der Waals surface area (Å²) in [5, 5.41) is 5.22.